The van der Waals surface area contributed by atoms with Gasteiger partial charge < -0.3 is 9.64 Å². The highest BCUT2D eigenvalue weighted by atomic mass is 127. The lowest BCUT2D eigenvalue weighted by atomic mass is 9.99. The Morgan fingerprint density at radius 2 is 2.17 bits per heavy atom. The lowest BCUT2D eigenvalue weighted by Gasteiger charge is -2.27. The molecule has 0 atom stereocenters. The lowest BCUT2D eigenvalue weighted by molar-refractivity contribution is 0.0497. The molecule has 18 heavy (non-hydrogen) atoms. The van der Waals surface area contributed by atoms with Gasteiger partial charge in [-0.1, -0.05) is 6.07 Å². The molecule has 0 radical (unpaired) electrons. The van der Waals surface area contributed by atoms with Gasteiger partial charge in [0.2, 0.25) is 0 Å². The van der Waals surface area contributed by atoms with Crippen molar-refractivity contribution in [3.63, 3.8) is 0 Å². The molecule has 0 N–H and O–H groups in total. The van der Waals surface area contributed by atoms with Crippen LogP contribution in [0.5, 0.6) is 0 Å². The van der Waals surface area contributed by atoms with Gasteiger partial charge in [0, 0.05) is 35.9 Å². The number of nitrogens with zero attached hydrogens (tertiary/aromatic N) is 1. The van der Waals surface area contributed by atoms with Gasteiger partial charge in [-0.15, -0.1) is 0 Å². The number of amides is 1. The third-order valence-electron chi connectivity index (χ3n) is 3.29. The van der Waals surface area contributed by atoms with Crippen molar-refractivity contribution >= 4 is 28.5 Å². The van der Waals surface area contributed by atoms with Crippen molar-refractivity contribution in [2.75, 3.05) is 26.8 Å². The van der Waals surface area contributed by atoms with E-state index in [4.69, 9.17) is 4.74 Å². The predicted octanol–water partition coefficient (Wildman–Crippen LogP) is 2.79. The highest BCUT2D eigenvalue weighted by Crippen LogP contribution is 2.17. The summed E-state index contributed by atoms with van der Waals surface area (Å²) in [4.78, 5) is 14.1. The van der Waals surface area contributed by atoms with E-state index in [1.807, 2.05) is 36.2 Å². The first-order valence-electron chi connectivity index (χ1n) is 6.25. The van der Waals surface area contributed by atoms with Crippen LogP contribution >= 0.6 is 22.6 Å². The molecule has 98 valence electrons. The van der Waals surface area contributed by atoms with E-state index in [0.29, 0.717) is 5.92 Å². The predicted molar refractivity (Wildman–Crippen MR) is 79.7 cm³/mol. The van der Waals surface area contributed by atoms with E-state index in [1.54, 1.807) is 0 Å². The van der Waals surface area contributed by atoms with Gasteiger partial charge >= 0.3 is 0 Å². The summed E-state index contributed by atoms with van der Waals surface area (Å²) in [6.07, 6.45) is 2.12. The first kappa shape index (κ1) is 13.8. The SMILES string of the molecule is CN(CC1CCOCC1)C(=O)c1cccc(I)c1. The average molecular weight is 359 g/mol. The molecule has 1 aliphatic heterocycles. The first-order valence-corrected chi connectivity index (χ1v) is 7.33. The third kappa shape index (κ3) is 3.68. The second kappa shape index (κ2) is 6.52. The molecule has 1 amide bonds. The van der Waals surface area contributed by atoms with Crippen LogP contribution in [-0.2, 0) is 4.74 Å². The normalized spacial score (nSPS) is 16.6. The van der Waals surface area contributed by atoms with E-state index in [9.17, 15) is 4.79 Å². The largest absolute Gasteiger partial charge is 0.381 e. The van der Waals surface area contributed by atoms with Crippen molar-refractivity contribution in [2.24, 2.45) is 5.92 Å². The molecule has 1 aromatic rings. The zero-order valence-corrected chi connectivity index (χ0v) is 12.7. The molecule has 1 fully saturated rings. The summed E-state index contributed by atoms with van der Waals surface area (Å²) in [5.74, 6) is 0.690. The Morgan fingerprint density at radius 3 is 2.83 bits per heavy atom. The molecule has 4 heteroatoms. The fraction of sp³-hybridized carbons (Fsp3) is 0.500. The van der Waals surface area contributed by atoms with Gasteiger partial charge in [0.1, 0.15) is 0 Å². The standard InChI is InChI=1S/C14H18INO2/c1-16(10-11-5-7-18-8-6-11)14(17)12-3-2-4-13(15)9-12/h2-4,9,11H,5-8,10H2,1H3. The average Bonchev–Trinajstić information content (AvgIpc) is 2.39. The van der Waals surface area contributed by atoms with Crippen molar-refractivity contribution in [2.45, 2.75) is 12.8 Å². The maximum Gasteiger partial charge on any atom is 0.253 e. The van der Waals surface area contributed by atoms with Crippen LogP contribution in [0.3, 0.4) is 0 Å². The van der Waals surface area contributed by atoms with Gasteiger partial charge in [0.05, 0.1) is 0 Å². The first-order chi connectivity index (χ1) is 8.66. The summed E-state index contributed by atoms with van der Waals surface area (Å²) in [5.41, 5.74) is 0.774. The summed E-state index contributed by atoms with van der Waals surface area (Å²) in [6.45, 7) is 2.49. The zero-order chi connectivity index (χ0) is 13.0. The van der Waals surface area contributed by atoms with Crippen LogP contribution in [-0.4, -0.2) is 37.6 Å². The van der Waals surface area contributed by atoms with Gasteiger partial charge in [0.25, 0.3) is 5.91 Å². The molecule has 0 aliphatic carbocycles. The second-order valence-corrected chi connectivity index (χ2v) is 6.00. The summed E-state index contributed by atoms with van der Waals surface area (Å²) < 4.78 is 6.43. The van der Waals surface area contributed by atoms with Gasteiger partial charge in [-0.25, -0.2) is 0 Å². The monoisotopic (exact) mass is 359 g/mol. The van der Waals surface area contributed by atoms with Crippen LogP contribution in [0.2, 0.25) is 0 Å². The Morgan fingerprint density at radius 1 is 1.44 bits per heavy atom. The smallest absolute Gasteiger partial charge is 0.253 e. The molecule has 2 rings (SSSR count). The quantitative estimate of drug-likeness (QED) is 0.777. The molecular formula is C14H18INO2. The summed E-state index contributed by atoms with van der Waals surface area (Å²) in [5, 5.41) is 0. The summed E-state index contributed by atoms with van der Waals surface area (Å²) in [7, 11) is 1.89. The van der Waals surface area contributed by atoms with E-state index in [1.165, 1.54) is 0 Å². The molecule has 0 saturated carbocycles. The van der Waals surface area contributed by atoms with Gasteiger partial charge in [-0.05, 0) is 59.5 Å². The van der Waals surface area contributed by atoms with Crippen LogP contribution < -0.4 is 0 Å². The minimum atomic E-state index is 0.111. The number of benzene rings is 1. The van der Waals surface area contributed by atoms with Gasteiger partial charge in [-0.3, -0.25) is 4.79 Å². The number of hydrogen-bond donors (Lipinski definition) is 0. The van der Waals surface area contributed by atoms with Crippen LogP contribution in [0.4, 0.5) is 0 Å². The van der Waals surface area contributed by atoms with E-state index in [-0.39, 0.29) is 5.91 Å². The van der Waals surface area contributed by atoms with E-state index in [2.05, 4.69) is 22.6 Å². The Kier molecular flexibility index (Phi) is 5.00. The van der Waals surface area contributed by atoms with Crippen molar-refractivity contribution in [1.82, 2.24) is 4.90 Å². The maximum atomic E-state index is 12.3. The van der Waals surface area contributed by atoms with Gasteiger partial charge in [-0.2, -0.15) is 0 Å². The van der Waals surface area contributed by atoms with Crippen LogP contribution in [0.1, 0.15) is 23.2 Å². The molecular weight excluding hydrogens is 341 g/mol. The van der Waals surface area contributed by atoms with E-state index >= 15 is 0 Å². The highest BCUT2D eigenvalue weighted by molar-refractivity contribution is 14.1. The zero-order valence-electron chi connectivity index (χ0n) is 10.6. The molecule has 1 aliphatic rings. The van der Waals surface area contributed by atoms with Crippen molar-refractivity contribution < 1.29 is 9.53 Å². The minimum absolute atomic E-state index is 0.111. The Hall–Kier alpha value is -0.620. The molecule has 1 aromatic carbocycles. The van der Waals surface area contributed by atoms with Crippen LogP contribution in [0, 0.1) is 9.49 Å². The van der Waals surface area contributed by atoms with Crippen LogP contribution in [0.25, 0.3) is 0 Å². The van der Waals surface area contributed by atoms with Crippen LogP contribution in [0.15, 0.2) is 24.3 Å². The third-order valence-corrected chi connectivity index (χ3v) is 3.96. The number of carbonyl (C=O) groups is 1. The number of ether oxygens (including phenoxy) is 1. The Balaban J connectivity index is 1.95. The highest BCUT2D eigenvalue weighted by Gasteiger charge is 2.19. The van der Waals surface area contributed by atoms with Crippen molar-refractivity contribution in [3.05, 3.63) is 33.4 Å². The summed E-state index contributed by atoms with van der Waals surface area (Å²) in [6, 6.07) is 7.74. The minimum Gasteiger partial charge on any atom is -0.381 e. The molecule has 1 saturated heterocycles. The fourth-order valence-electron chi connectivity index (χ4n) is 2.24. The number of hydrogen-bond acceptors (Lipinski definition) is 2. The molecule has 0 unspecified atom stereocenters. The number of carbonyl (C=O) groups excluding carboxylic acids is 1. The Labute approximate surface area is 122 Å². The lowest BCUT2D eigenvalue weighted by Crippen LogP contribution is -2.34. The summed E-state index contributed by atoms with van der Waals surface area (Å²) >= 11 is 2.23. The fourth-order valence-corrected chi connectivity index (χ4v) is 2.78. The molecule has 3 nitrogen and oxygen atoms in total. The molecule has 0 bridgehead atoms. The number of rotatable bonds is 3. The topological polar surface area (TPSA) is 29.5 Å². The van der Waals surface area contributed by atoms with Crippen molar-refractivity contribution in [1.29, 1.82) is 0 Å². The van der Waals surface area contributed by atoms with E-state index in [0.717, 1.165) is 41.7 Å². The Bertz CT molecular complexity index is 416. The number of halogens is 1. The maximum absolute atomic E-state index is 12.3. The van der Waals surface area contributed by atoms with Crippen molar-refractivity contribution in [3.8, 4) is 0 Å². The molecule has 1 heterocycles. The molecule has 0 spiro atoms. The van der Waals surface area contributed by atoms with Gasteiger partial charge in [0.15, 0.2) is 0 Å². The van der Waals surface area contributed by atoms with E-state index < -0.39 is 0 Å². The molecule has 0 aromatic heterocycles. The second-order valence-electron chi connectivity index (χ2n) is 4.75.